The van der Waals surface area contributed by atoms with Gasteiger partial charge in [-0.15, -0.1) is 0 Å². The Hall–Kier alpha value is -3.12. The van der Waals surface area contributed by atoms with Gasteiger partial charge >= 0.3 is 5.76 Å². The van der Waals surface area contributed by atoms with E-state index in [0.29, 0.717) is 24.0 Å². The molecule has 224 valence electrons. The third-order valence-corrected chi connectivity index (χ3v) is 6.00. The van der Waals surface area contributed by atoms with Gasteiger partial charge in [-0.05, 0) is 74.6 Å². The summed E-state index contributed by atoms with van der Waals surface area (Å²) in [4.78, 5) is 25.8. The predicted octanol–water partition coefficient (Wildman–Crippen LogP) is 4.29. The van der Waals surface area contributed by atoms with Crippen LogP contribution in [0.5, 0.6) is 0 Å². The highest BCUT2D eigenvalue weighted by atomic mass is 19.1. The fourth-order valence-electron chi connectivity index (χ4n) is 4.26. The maximum absolute atomic E-state index is 13.4. The quantitative estimate of drug-likeness (QED) is 0.298. The lowest BCUT2D eigenvalue weighted by atomic mass is 9.90. The number of benzene rings is 2. The van der Waals surface area contributed by atoms with E-state index in [1.807, 2.05) is 46.8 Å². The molecule has 2 aromatic carbocycles. The molecule has 0 aliphatic carbocycles. The second kappa shape index (κ2) is 17.5. The van der Waals surface area contributed by atoms with Crippen LogP contribution in [0.1, 0.15) is 77.3 Å². The van der Waals surface area contributed by atoms with Crippen molar-refractivity contribution in [2.24, 2.45) is 5.73 Å². The molecule has 1 amide bonds. The van der Waals surface area contributed by atoms with Crippen molar-refractivity contribution in [3.63, 3.8) is 0 Å². The van der Waals surface area contributed by atoms with Gasteiger partial charge in [-0.2, -0.15) is 0 Å². The van der Waals surface area contributed by atoms with Crippen LogP contribution in [-0.2, 0) is 10.7 Å². The first-order valence-corrected chi connectivity index (χ1v) is 13.9. The number of amides is 1. The van der Waals surface area contributed by atoms with Crippen LogP contribution >= 0.6 is 0 Å². The molecule has 2 saturated heterocycles. The van der Waals surface area contributed by atoms with Gasteiger partial charge in [0.15, 0.2) is 5.58 Å². The van der Waals surface area contributed by atoms with E-state index in [0.717, 1.165) is 55.0 Å². The van der Waals surface area contributed by atoms with Crippen molar-refractivity contribution >= 4 is 17.0 Å². The van der Waals surface area contributed by atoms with Gasteiger partial charge in [0.1, 0.15) is 11.6 Å². The molecule has 5 rings (SSSR count). The Morgan fingerprint density at radius 3 is 2.23 bits per heavy atom. The van der Waals surface area contributed by atoms with Crippen LogP contribution in [0.2, 0.25) is 0 Å². The first-order valence-electron chi connectivity index (χ1n) is 13.9. The highest BCUT2D eigenvalue weighted by molar-refractivity contribution is 5.78. The number of aromatic amines is 1. The van der Waals surface area contributed by atoms with Crippen LogP contribution in [0, 0.1) is 11.6 Å². The predicted molar refractivity (Wildman–Crippen MR) is 153 cm³/mol. The van der Waals surface area contributed by atoms with Crippen molar-refractivity contribution in [2.75, 3.05) is 26.2 Å². The van der Waals surface area contributed by atoms with Gasteiger partial charge in [-0.1, -0.05) is 40.7 Å². The minimum atomic E-state index is -2.73. The van der Waals surface area contributed by atoms with Gasteiger partial charge in [-0.25, -0.2) is 13.6 Å². The largest absolute Gasteiger partial charge is 0.417 e. The number of rotatable bonds is 3. The number of aliphatic hydroxyl groups is 2. The number of hydrogen-bond donors (Lipinski definition) is 5. The molecule has 0 bridgehead atoms. The number of nitrogens with one attached hydrogen (secondary N) is 2. The topological polar surface area (TPSA) is 145 Å². The van der Waals surface area contributed by atoms with Gasteiger partial charge in [0, 0.05) is 19.0 Å². The van der Waals surface area contributed by atoms with Gasteiger partial charge in [0.05, 0.1) is 11.1 Å². The molecule has 0 radical (unpaired) electrons. The van der Waals surface area contributed by atoms with Gasteiger partial charge < -0.3 is 25.7 Å². The summed E-state index contributed by atoms with van der Waals surface area (Å²) in [7, 11) is 0. The van der Waals surface area contributed by atoms with Crippen LogP contribution in [0.3, 0.4) is 0 Å². The van der Waals surface area contributed by atoms with Crippen LogP contribution in [0.15, 0.2) is 45.6 Å². The maximum atomic E-state index is 13.4. The Kier molecular flexibility index (Phi) is 15.3. The number of halogens is 2. The van der Waals surface area contributed by atoms with Crippen LogP contribution < -0.4 is 16.8 Å². The number of aromatic nitrogens is 1. The van der Waals surface area contributed by atoms with Crippen molar-refractivity contribution in [2.45, 2.75) is 72.1 Å². The first kappa shape index (κ1) is 34.9. The number of likely N-dealkylation sites (tertiary alicyclic amines) is 1. The Balaban J connectivity index is 0.000000328. The minimum absolute atomic E-state index is 0.128. The molecule has 40 heavy (non-hydrogen) atoms. The molecule has 11 heteroatoms. The number of H-pyrrole nitrogens is 1. The first-order chi connectivity index (χ1) is 19.2. The molecule has 0 unspecified atom stereocenters. The molecular weight excluding hydrogens is 522 g/mol. The second-order valence-electron chi connectivity index (χ2n) is 8.61. The van der Waals surface area contributed by atoms with Crippen LogP contribution in [0.25, 0.3) is 11.1 Å². The fourth-order valence-corrected chi connectivity index (χ4v) is 4.26. The molecule has 2 aliphatic heterocycles. The molecule has 0 atom stereocenters. The fraction of sp³-hybridized carbons (Fsp3) is 0.517. The van der Waals surface area contributed by atoms with E-state index < -0.39 is 29.0 Å². The number of piperidine rings is 1. The summed E-state index contributed by atoms with van der Waals surface area (Å²) in [6.45, 7) is 12.9. The Bertz CT molecular complexity index is 1220. The molecule has 6 N–H and O–H groups in total. The van der Waals surface area contributed by atoms with E-state index in [2.05, 4.69) is 16.4 Å². The highest BCUT2D eigenvalue weighted by Crippen LogP contribution is 2.30. The number of hydrogen-bond acceptors (Lipinski definition) is 7. The Labute approximate surface area is 234 Å². The van der Waals surface area contributed by atoms with Gasteiger partial charge in [-0.3, -0.25) is 14.7 Å². The normalized spacial score (nSPS) is 15.1. The van der Waals surface area contributed by atoms with E-state index in [9.17, 15) is 28.6 Å². The highest BCUT2D eigenvalue weighted by Gasteiger charge is 2.41. The summed E-state index contributed by atoms with van der Waals surface area (Å²) in [5.41, 5.74) is 7.04. The smallest absolute Gasteiger partial charge is 0.408 e. The van der Waals surface area contributed by atoms with E-state index in [1.54, 1.807) is 0 Å². The summed E-state index contributed by atoms with van der Waals surface area (Å²) < 4.78 is 31.2. The van der Waals surface area contributed by atoms with Crippen molar-refractivity contribution in [3.05, 3.63) is 69.7 Å². The molecule has 1 aromatic heterocycles. The second-order valence-corrected chi connectivity index (χ2v) is 8.61. The number of fused-ring (bicyclic) bond motifs is 1. The summed E-state index contributed by atoms with van der Waals surface area (Å²) >= 11 is 0. The van der Waals surface area contributed by atoms with E-state index in [1.165, 1.54) is 5.56 Å². The monoisotopic (exact) mass is 566 g/mol. The molecule has 3 heterocycles. The molecule has 3 aromatic rings. The van der Waals surface area contributed by atoms with Crippen molar-refractivity contribution in [3.8, 4) is 0 Å². The zero-order chi connectivity index (χ0) is 30.3. The standard InChI is InChI=1S/C12H14N2O2.C11H11F2NO3.C2H7N.2C2H6/c15-12-14-10-2-1-9(7-11(10)16-12)8-3-5-13-6-4-8;12-7-3-4-8(9(13)6-7)11(16,17)14-5-1-2-10(14)15;1-2-3;2*1-2/h1-2,7-8,13H,3-6H2,(H,14,15);3-4,6,16-17H,1-2,5H2;2-3H2,1H3;2*1-2H3. The zero-order valence-corrected chi connectivity index (χ0v) is 24.1. The molecule has 0 spiro atoms. The summed E-state index contributed by atoms with van der Waals surface area (Å²) in [5.74, 6) is -4.92. The Morgan fingerprint density at radius 1 is 1.05 bits per heavy atom. The number of nitrogens with two attached hydrogens (primary N) is 1. The lowest BCUT2D eigenvalue weighted by Crippen LogP contribution is -2.47. The third kappa shape index (κ3) is 9.51. The molecule has 0 saturated carbocycles. The summed E-state index contributed by atoms with van der Waals surface area (Å²) in [6, 6.07) is 8.36. The number of nitrogens with zero attached hydrogens (tertiary/aromatic N) is 1. The van der Waals surface area contributed by atoms with Crippen molar-refractivity contribution in [1.29, 1.82) is 0 Å². The molecule has 2 aliphatic rings. The van der Waals surface area contributed by atoms with Gasteiger partial charge in [0.25, 0.3) is 5.91 Å². The van der Waals surface area contributed by atoms with E-state index in [-0.39, 0.29) is 18.7 Å². The van der Waals surface area contributed by atoms with Crippen molar-refractivity contribution in [1.82, 2.24) is 15.2 Å². The maximum Gasteiger partial charge on any atom is 0.417 e. The number of carbonyl (C=O) groups is 1. The van der Waals surface area contributed by atoms with Crippen LogP contribution in [-0.4, -0.2) is 52.2 Å². The van der Waals surface area contributed by atoms with Crippen LogP contribution in [0.4, 0.5) is 8.78 Å². The molecule has 2 fully saturated rings. The van der Waals surface area contributed by atoms with E-state index >= 15 is 0 Å². The molecular formula is C29H44F2N4O5. The lowest BCUT2D eigenvalue weighted by molar-refractivity contribution is -0.263. The van der Waals surface area contributed by atoms with Crippen molar-refractivity contribution < 1.29 is 28.2 Å². The van der Waals surface area contributed by atoms with E-state index in [4.69, 9.17) is 10.2 Å². The summed E-state index contributed by atoms with van der Waals surface area (Å²) in [5, 5.41) is 23.0. The third-order valence-electron chi connectivity index (χ3n) is 6.00. The summed E-state index contributed by atoms with van der Waals surface area (Å²) in [6.07, 6.45) is 2.97. The van der Waals surface area contributed by atoms with Gasteiger partial charge in [0.2, 0.25) is 5.91 Å². The lowest BCUT2D eigenvalue weighted by Gasteiger charge is -2.32. The number of carbonyl (C=O) groups excluding carboxylic acids is 1. The minimum Gasteiger partial charge on any atom is -0.408 e. The average molecular weight is 567 g/mol. The SMILES string of the molecule is CC.CC.CCN.O=C1CCCN1C(O)(O)c1ccc(F)cc1F.O=c1[nH]c2ccc(C3CCNCC3)cc2o1. The molecule has 9 nitrogen and oxygen atoms in total. The zero-order valence-electron chi connectivity index (χ0n) is 24.1. The Morgan fingerprint density at radius 2 is 1.68 bits per heavy atom. The number of oxazole rings is 1. The average Bonchev–Trinajstić information content (AvgIpc) is 3.56.